The molecule has 0 radical (unpaired) electrons. The van der Waals surface area contributed by atoms with E-state index in [1.807, 2.05) is 4.90 Å². The summed E-state index contributed by atoms with van der Waals surface area (Å²) in [5.74, 6) is 0. The number of benzene rings is 1. The van der Waals surface area contributed by atoms with Gasteiger partial charge in [-0.3, -0.25) is 0 Å². The van der Waals surface area contributed by atoms with E-state index in [1.165, 1.54) is 0 Å². The predicted molar refractivity (Wildman–Crippen MR) is 47.9 cm³/mol. The molecule has 0 amide bonds. The van der Waals surface area contributed by atoms with Crippen LogP contribution in [0.2, 0.25) is 0 Å². The van der Waals surface area contributed by atoms with Gasteiger partial charge in [-0.25, -0.2) is 0 Å². The molecule has 1 aliphatic rings. The summed E-state index contributed by atoms with van der Waals surface area (Å²) in [5, 5.41) is 0. The zero-order valence-electron chi connectivity index (χ0n) is 11.3. The number of para-hydroxylation sites is 1. The highest BCUT2D eigenvalue weighted by Gasteiger charge is 2.10. The third-order valence-electron chi connectivity index (χ3n) is 1.91. The van der Waals surface area contributed by atoms with Crippen molar-refractivity contribution in [2.45, 2.75) is 12.8 Å². The maximum absolute atomic E-state index is 7.79. The van der Waals surface area contributed by atoms with Gasteiger partial charge in [-0.15, -0.1) is 0 Å². The average Bonchev–Trinajstić information content (AvgIpc) is 2.77. The predicted octanol–water partition coefficient (Wildman–Crippen LogP) is 2.29. The first-order valence-corrected chi connectivity index (χ1v) is 3.86. The van der Waals surface area contributed by atoms with Crippen molar-refractivity contribution in [2.75, 3.05) is 18.0 Å². The lowest BCUT2D eigenvalue weighted by Crippen LogP contribution is -2.16. The van der Waals surface area contributed by atoms with Crippen LogP contribution in [0.1, 0.15) is 19.7 Å². The first-order valence-electron chi connectivity index (χ1n) is 6.36. The summed E-state index contributed by atoms with van der Waals surface area (Å²) in [6, 6.07) is -0.996. The molecule has 1 heterocycles. The molecule has 0 bridgehead atoms. The molecule has 1 aromatic rings. The van der Waals surface area contributed by atoms with E-state index in [-0.39, 0.29) is 30.2 Å². The molecule has 0 aliphatic carbocycles. The maximum atomic E-state index is 7.79. The fraction of sp³-hybridized carbons (Fsp3) is 0.400. The van der Waals surface area contributed by atoms with Gasteiger partial charge in [0, 0.05) is 18.8 Å². The molecule has 11 heavy (non-hydrogen) atoms. The molecule has 1 aromatic carbocycles. The van der Waals surface area contributed by atoms with Gasteiger partial charge < -0.3 is 4.90 Å². The molecule has 0 aromatic heterocycles. The van der Waals surface area contributed by atoms with E-state index in [0.717, 1.165) is 25.9 Å². The van der Waals surface area contributed by atoms with Gasteiger partial charge in [0.05, 0.1) is 6.85 Å². The Labute approximate surface area is 74.7 Å². The first kappa shape index (κ1) is 3.18. The SMILES string of the molecule is [2H]c1c([2H])c([2H])c(N2CCCC2)c([2H])c1[2H]. The van der Waals surface area contributed by atoms with Gasteiger partial charge in [0.25, 0.3) is 0 Å². The number of anilines is 1. The Balaban J connectivity index is 2.59. The van der Waals surface area contributed by atoms with Crippen LogP contribution in [0, 0.1) is 0 Å². The van der Waals surface area contributed by atoms with Crippen molar-refractivity contribution in [2.24, 2.45) is 0 Å². The van der Waals surface area contributed by atoms with Crippen LogP contribution in [0.5, 0.6) is 0 Å². The summed E-state index contributed by atoms with van der Waals surface area (Å²) in [6.07, 6.45) is 2.03. The lowest BCUT2D eigenvalue weighted by atomic mass is 10.3. The van der Waals surface area contributed by atoms with Gasteiger partial charge in [0.15, 0.2) is 0 Å². The quantitative estimate of drug-likeness (QED) is 0.596. The lowest BCUT2D eigenvalue weighted by Gasteiger charge is -2.16. The Morgan fingerprint density at radius 3 is 2.36 bits per heavy atom. The van der Waals surface area contributed by atoms with E-state index in [2.05, 4.69) is 0 Å². The van der Waals surface area contributed by atoms with Crippen LogP contribution in [0.15, 0.2) is 30.2 Å². The number of nitrogens with zero attached hydrogens (tertiary/aromatic N) is 1. The minimum absolute atomic E-state index is 0.0899. The van der Waals surface area contributed by atoms with Crippen LogP contribution >= 0.6 is 0 Å². The molecule has 1 fully saturated rings. The Kier molecular flexibility index (Phi) is 0.852. The summed E-state index contributed by atoms with van der Waals surface area (Å²) >= 11 is 0. The van der Waals surface area contributed by atoms with Crippen LogP contribution in [-0.4, -0.2) is 13.1 Å². The highest BCUT2D eigenvalue weighted by molar-refractivity contribution is 5.46. The molecule has 0 N–H and O–H groups in total. The summed E-state index contributed by atoms with van der Waals surface area (Å²) in [6.45, 7) is 1.54. The molecular weight excluding hydrogens is 134 g/mol. The molecular formula is C10H13N. The van der Waals surface area contributed by atoms with Crippen molar-refractivity contribution in [3.8, 4) is 0 Å². The minimum Gasteiger partial charge on any atom is -0.372 e. The Bertz CT molecular complexity index is 397. The van der Waals surface area contributed by atoms with Gasteiger partial charge in [0.2, 0.25) is 0 Å². The topological polar surface area (TPSA) is 3.24 Å². The molecule has 0 unspecified atom stereocenters. The standard InChI is InChI=1S/C10H13N/c1-2-6-10(7-3-1)11-8-4-5-9-11/h1-3,6-7H,4-5,8-9H2/i1D,2D,3D,6D,7D. The molecule has 2 rings (SSSR count). The Hall–Kier alpha value is -0.980. The molecule has 58 valence electrons. The molecule has 1 nitrogen and oxygen atoms in total. The number of rotatable bonds is 1. The zero-order chi connectivity index (χ0) is 11.9. The fourth-order valence-corrected chi connectivity index (χ4v) is 1.34. The van der Waals surface area contributed by atoms with E-state index < -0.39 is 0 Å². The average molecular weight is 152 g/mol. The van der Waals surface area contributed by atoms with Crippen molar-refractivity contribution in [1.82, 2.24) is 0 Å². The molecule has 1 aliphatic heterocycles. The van der Waals surface area contributed by atoms with Crippen LogP contribution in [0.4, 0.5) is 5.69 Å². The fourth-order valence-electron chi connectivity index (χ4n) is 1.34. The minimum atomic E-state index is -0.321. The third-order valence-corrected chi connectivity index (χ3v) is 1.91. The van der Waals surface area contributed by atoms with E-state index >= 15 is 0 Å². The summed E-state index contributed by atoms with van der Waals surface area (Å²) in [7, 11) is 0. The molecule has 1 heteroatoms. The highest BCUT2D eigenvalue weighted by Crippen LogP contribution is 2.18. The summed E-state index contributed by atoms with van der Waals surface area (Å²) < 4.78 is 38.2. The van der Waals surface area contributed by atoms with Crippen LogP contribution in [0.25, 0.3) is 0 Å². The maximum Gasteiger partial charge on any atom is 0.0645 e. The van der Waals surface area contributed by atoms with Gasteiger partial charge in [-0.2, -0.15) is 0 Å². The lowest BCUT2D eigenvalue weighted by molar-refractivity contribution is 0.949. The molecule has 0 saturated carbocycles. The highest BCUT2D eigenvalue weighted by atomic mass is 15.1. The summed E-state index contributed by atoms with van der Waals surface area (Å²) in [4.78, 5) is 1.88. The van der Waals surface area contributed by atoms with Gasteiger partial charge in [0.1, 0.15) is 0 Å². The normalized spacial score (nSPS) is 23.6. The number of hydrogen-bond donors (Lipinski definition) is 0. The van der Waals surface area contributed by atoms with Crippen LogP contribution in [0.3, 0.4) is 0 Å². The second-order valence-corrected chi connectivity index (χ2v) is 2.67. The van der Waals surface area contributed by atoms with Crippen molar-refractivity contribution < 1.29 is 6.85 Å². The second-order valence-electron chi connectivity index (χ2n) is 2.67. The van der Waals surface area contributed by atoms with Crippen molar-refractivity contribution in [3.63, 3.8) is 0 Å². The molecule has 1 saturated heterocycles. The Morgan fingerprint density at radius 1 is 1.09 bits per heavy atom. The first-order chi connectivity index (χ1) is 7.54. The molecule has 0 atom stereocenters. The Morgan fingerprint density at radius 2 is 1.73 bits per heavy atom. The van der Waals surface area contributed by atoms with Gasteiger partial charge in [-0.1, -0.05) is 18.1 Å². The largest absolute Gasteiger partial charge is 0.372 e. The van der Waals surface area contributed by atoms with Crippen molar-refractivity contribution in [3.05, 3.63) is 30.2 Å². The van der Waals surface area contributed by atoms with Gasteiger partial charge >= 0.3 is 0 Å². The van der Waals surface area contributed by atoms with E-state index in [4.69, 9.17) is 6.85 Å². The smallest absolute Gasteiger partial charge is 0.0645 e. The number of hydrogen-bond acceptors (Lipinski definition) is 1. The zero-order valence-corrected chi connectivity index (χ0v) is 6.28. The second kappa shape index (κ2) is 2.95. The van der Waals surface area contributed by atoms with Gasteiger partial charge in [-0.05, 0) is 24.9 Å². The van der Waals surface area contributed by atoms with Crippen molar-refractivity contribution in [1.29, 1.82) is 0 Å². The van der Waals surface area contributed by atoms with E-state index in [0.29, 0.717) is 5.69 Å². The monoisotopic (exact) mass is 152 g/mol. The summed E-state index contributed by atoms with van der Waals surface area (Å²) in [5.41, 5.74) is 0.350. The van der Waals surface area contributed by atoms with Crippen LogP contribution in [-0.2, 0) is 0 Å². The van der Waals surface area contributed by atoms with E-state index in [9.17, 15) is 0 Å². The van der Waals surface area contributed by atoms with E-state index in [1.54, 1.807) is 0 Å². The van der Waals surface area contributed by atoms with Crippen LogP contribution < -0.4 is 4.90 Å². The molecule has 0 spiro atoms. The van der Waals surface area contributed by atoms with Crippen molar-refractivity contribution >= 4 is 5.69 Å². The third kappa shape index (κ3) is 1.37.